The van der Waals surface area contributed by atoms with Crippen molar-refractivity contribution in [2.24, 2.45) is 0 Å². The van der Waals surface area contributed by atoms with Gasteiger partial charge >= 0.3 is 0 Å². The van der Waals surface area contributed by atoms with Crippen molar-refractivity contribution >= 4 is 33.7 Å². The highest BCUT2D eigenvalue weighted by molar-refractivity contribution is 9.10. The van der Waals surface area contributed by atoms with Crippen molar-refractivity contribution in [3.8, 4) is 6.07 Å². The number of anilines is 1. The first-order valence-corrected chi connectivity index (χ1v) is 9.09. The summed E-state index contributed by atoms with van der Waals surface area (Å²) in [5.41, 5.74) is -0.748. The fraction of sp³-hybridized carbons (Fsp3) is 0.278. The van der Waals surface area contributed by atoms with E-state index >= 15 is 0 Å². The average molecular weight is 448 g/mol. The molecule has 1 saturated carbocycles. The fourth-order valence-corrected chi connectivity index (χ4v) is 3.81. The van der Waals surface area contributed by atoms with E-state index in [4.69, 9.17) is 5.26 Å². The second kappa shape index (κ2) is 6.60. The highest BCUT2D eigenvalue weighted by Gasteiger charge is 2.62. The maximum atomic E-state index is 14.6. The third kappa shape index (κ3) is 2.92. The molecule has 1 aliphatic heterocycles. The van der Waals surface area contributed by atoms with E-state index in [-0.39, 0.29) is 46.6 Å². The number of hydrogen-bond acceptors (Lipinski definition) is 5. The molecule has 1 aromatic carbocycles. The normalized spacial score (nSPS) is 22.6. The number of alkyl halides is 1. The molecule has 1 spiro atoms. The van der Waals surface area contributed by atoms with Crippen LogP contribution in [0, 0.1) is 17.1 Å². The van der Waals surface area contributed by atoms with Crippen LogP contribution in [0.25, 0.3) is 0 Å². The lowest BCUT2D eigenvalue weighted by Gasteiger charge is -2.34. The summed E-state index contributed by atoms with van der Waals surface area (Å²) in [5.74, 6) is -1.78. The number of carbonyl (C=O) groups excluding carboxylic acids is 2. The number of carbonyl (C=O) groups is 2. The average Bonchev–Trinajstić information content (AvgIpc) is 3.31. The number of rotatable bonds is 3. The number of aromatic nitrogens is 2. The van der Waals surface area contributed by atoms with Crippen molar-refractivity contribution in [3.05, 3.63) is 51.5 Å². The number of nitriles is 1. The van der Waals surface area contributed by atoms with Crippen LogP contribution in [-0.4, -0.2) is 45.9 Å². The minimum atomic E-state index is -1.28. The van der Waals surface area contributed by atoms with Crippen LogP contribution in [0.2, 0.25) is 0 Å². The Balaban J connectivity index is 1.56. The Morgan fingerprint density at radius 3 is 2.71 bits per heavy atom. The van der Waals surface area contributed by atoms with Gasteiger partial charge < -0.3 is 4.90 Å². The van der Waals surface area contributed by atoms with Crippen LogP contribution in [0.5, 0.6) is 0 Å². The van der Waals surface area contributed by atoms with Crippen LogP contribution >= 0.6 is 15.9 Å². The molecule has 0 bridgehead atoms. The van der Waals surface area contributed by atoms with Gasteiger partial charge in [0.05, 0.1) is 27.8 Å². The SMILES string of the molecule is N#Cc1cnc(NC(=O)CN2C[C@]3(C[C@@H]3F)c3c(ccc(Br)c3F)C2=O)nc1. The molecule has 1 aliphatic carbocycles. The number of halogens is 3. The molecule has 2 aliphatic rings. The van der Waals surface area contributed by atoms with Gasteiger partial charge in [0, 0.05) is 17.7 Å². The van der Waals surface area contributed by atoms with E-state index in [9.17, 15) is 18.4 Å². The van der Waals surface area contributed by atoms with Gasteiger partial charge in [-0.2, -0.15) is 5.26 Å². The Morgan fingerprint density at radius 2 is 2.11 bits per heavy atom. The van der Waals surface area contributed by atoms with Gasteiger partial charge in [-0.1, -0.05) is 0 Å². The van der Waals surface area contributed by atoms with Crippen LogP contribution in [0.3, 0.4) is 0 Å². The summed E-state index contributed by atoms with van der Waals surface area (Å²) in [6, 6.07) is 4.69. The summed E-state index contributed by atoms with van der Waals surface area (Å²) >= 11 is 3.08. The van der Waals surface area contributed by atoms with E-state index in [1.54, 1.807) is 0 Å². The first-order chi connectivity index (χ1) is 13.4. The van der Waals surface area contributed by atoms with Crippen molar-refractivity contribution in [1.82, 2.24) is 14.9 Å². The monoisotopic (exact) mass is 447 g/mol. The Labute approximate surface area is 166 Å². The molecule has 0 radical (unpaired) electrons. The molecule has 28 heavy (non-hydrogen) atoms. The van der Waals surface area contributed by atoms with Crippen LogP contribution in [-0.2, 0) is 10.2 Å². The summed E-state index contributed by atoms with van der Waals surface area (Å²) in [5, 5.41) is 11.2. The Hall–Kier alpha value is -2.93. The molecular weight excluding hydrogens is 436 g/mol. The Bertz CT molecular complexity index is 1040. The third-order valence-corrected chi connectivity index (χ3v) is 5.55. The van der Waals surface area contributed by atoms with Crippen LogP contribution in [0.4, 0.5) is 14.7 Å². The number of fused-ring (bicyclic) bond motifs is 2. The molecule has 0 unspecified atom stereocenters. The molecule has 7 nitrogen and oxygen atoms in total. The topological polar surface area (TPSA) is 99.0 Å². The lowest BCUT2D eigenvalue weighted by Crippen LogP contribution is -2.48. The van der Waals surface area contributed by atoms with E-state index < -0.39 is 29.2 Å². The molecule has 2 aromatic rings. The van der Waals surface area contributed by atoms with Crippen molar-refractivity contribution in [2.45, 2.75) is 18.0 Å². The van der Waals surface area contributed by atoms with Crippen molar-refractivity contribution in [1.29, 1.82) is 5.26 Å². The summed E-state index contributed by atoms with van der Waals surface area (Å²) in [6.45, 7) is -0.442. The van der Waals surface area contributed by atoms with Gasteiger partial charge in [0.25, 0.3) is 5.91 Å². The Morgan fingerprint density at radius 1 is 1.43 bits per heavy atom. The Kier molecular flexibility index (Phi) is 4.34. The van der Waals surface area contributed by atoms with Gasteiger partial charge in [-0.15, -0.1) is 0 Å². The highest BCUT2D eigenvalue weighted by Crippen LogP contribution is 2.55. The second-order valence-electron chi connectivity index (χ2n) is 6.73. The molecule has 2 heterocycles. The number of amides is 2. The lowest BCUT2D eigenvalue weighted by molar-refractivity contribution is -0.117. The number of nitrogens with one attached hydrogen (secondary N) is 1. The summed E-state index contributed by atoms with van der Waals surface area (Å²) in [4.78, 5) is 33.9. The lowest BCUT2D eigenvalue weighted by atomic mass is 9.85. The highest BCUT2D eigenvalue weighted by atomic mass is 79.9. The molecule has 4 rings (SSSR count). The zero-order valence-electron chi connectivity index (χ0n) is 14.2. The molecule has 2 amide bonds. The van der Waals surface area contributed by atoms with Crippen molar-refractivity contribution in [2.75, 3.05) is 18.4 Å². The molecule has 1 N–H and O–H groups in total. The van der Waals surface area contributed by atoms with E-state index in [1.807, 2.05) is 6.07 Å². The van der Waals surface area contributed by atoms with Gasteiger partial charge in [-0.05, 0) is 34.5 Å². The number of benzene rings is 1. The zero-order valence-corrected chi connectivity index (χ0v) is 15.8. The molecular formula is C18H12BrF2N5O2. The van der Waals surface area contributed by atoms with Gasteiger partial charge in [0.2, 0.25) is 11.9 Å². The van der Waals surface area contributed by atoms with E-state index in [1.165, 1.54) is 29.4 Å². The zero-order chi connectivity index (χ0) is 20.1. The molecule has 142 valence electrons. The predicted molar refractivity (Wildman–Crippen MR) is 96.6 cm³/mol. The van der Waals surface area contributed by atoms with E-state index in [0.29, 0.717) is 0 Å². The number of hydrogen-bond donors (Lipinski definition) is 1. The van der Waals surface area contributed by atoms with Crippen molar-refractivity contribution < 1.29 is 18.4 Å². The maximum Gasteiger partial charge on any atom is 0.254 e. The minimum absolute atomic E-state index is 0.0201. The number of nitrogens with zero attached hydrogens (tertiary/aromatic N) is 4. The second-order valence-corrected chi connectivity index (χ2v) is 7.58. The molecule has 0 saturated heterocycles. The maximum absolute atomic E-state index is 14.6. The predicted octanol–water partition coefficient (Wildman–Crippen LogP) is 2.32. The smallest absolute Gasteiger partial charge is 0.254 e. The largest absolute Gasteiger partial charge is 0.328 e. The minimum Gasteiger partial charge on any atom is -0.328 e. The van der Waals surface area contributed by atoms with Crippen LogP contribution < -0.4 is 5.32 Å². The first-order valence-electron chi connectivity index (χ1n) is 8.29. The fourth-order valence-electron chi connectivity index (χ4n) is 3.48. The summed E-state index contributed by atoms with van der Waals surface area (Å²) in [6.07, 6.45) is 1.31. The van der Waals surface area contributed by atoms with E-state index in [0.717, 1.165) is 0 Å². The third-order valence-electron chi connectivity index (χ3n) is 4.93. The molecule has 10 heteroatoms. The van der Waals surface area contributed by atoms with Gasteiger partial charge in [0.15, 0.2) is 0 Å². The molecule has 1 aromatic heterocycles. The van der Waals surface area contributed by atoms with Gasteiger partial charge in [-0.25, -0.2) is 18.7 Å². The summed E-state index contributed by atoms with van der Waals surface area (Å²) in [7, 11) is 0. The van der Waals surface area contributed by atoms with Crippen molar-refractivity contribution in [3.63, 3.8) is 0 Å². The van der Waals surface area contributed by atoms with Crippen LogP contribution in [0.1, 0.15) is 27.9 Å². The van der Waals surface area contributed by atoms with Crippen LogP contribution in [0.15, 0.2) is 29.0 Å². The summed E-state index contributed by atoms with van der Waals surface area (Å²) < 4.78 is 29.0. The quantitative estimate of drug-likeness (QED) is 0.778. The van der Waals surface area contributed by atoms with Gasteiger partial charge in [-0.3, -0.25) is 14.9 Å². The molecule has 1 fully saturated rings. The molecule has 2 atom stereocenters. The van der Waals surface area contributed by atoms with Gasteiger partial charge in [0.1, 0.15) is 24.6 Å². The first kappa shape index (κ1) is 18.4. The standard InChI is InChI=1S/C18H12BrF2N5O2/c19-11-2-1-10-14(15(11)21)18(3-12(18)20)8-26(16(10)28)7-13(27)25-17-23-5-9(4-22)6-24-17/h1-2,5-6,12H,3,7-8H2,(H,23,24,25,27)/t12-,18-/m0/s1. The van der Waals surface area contributed by atoms with E-state index in [2.05, 4.69) is 31.2 Å².